The highest BCUT2D eigenvalue weighted by Gasteiger charge is 2.16. The van der Waals surface area contributed by atoms with Gasteiger partial charge < -0.3 is 20.8 Å². The van der Waals surface area contributed by atoms with Crippen LogP contribution in [-0.4, -0.2) is 67.4 Å². The smallest absolute Gasteiger partial charge is 0.335 e. The van der Waals surface area contributed by atoms with Crippen LogP contribution in [0.5, 0.6) is 0 Å². The fraction of sp³-hybridized carbons (Fsp3) is 0.0870. The molecule has 0 radical (unpaired) electrons. The molecule has 58 heavy (non-hydrogen) atoms. The van der Waals surface area contributed by atoms with Crippen molar-refractivity contribution in [3.63, 3.8) is 0 Å². The van der Waals surface area contributed by atoms with E-state index in [1.54, 1.807) is 60.7 Å². The zero-order chi connectivity index (χ0) is 40.4. The fourth-order valence-electron chi connectivity index (χ4n) is 6.42. The van der Waals surface area contributed by atoms with Gasteiger partial charge in [-0.05, 0) is 72.8 Å². The number of nitrogens with zero attached hydrogens (tertiary/aromatic N) is 4. The number of aromatic carboxylic acids is 2. The van der Waals surface area contributed by atoms with E-state index in [4.69, 9.17) is 10.2 Å². The molecule has 3 heterocycles. The highest BCUT2D eigenvalue weighted by atomic mass is 16.4. The molecule has 4 N–H and O–H groups in total. The van der Waals surface area contributed by atoms with Crippen LogP contribution < -0.4 is 21.8 Å². The minimum Gasteiger partial charge on any atom is -0.478 e. The molecule has 2 aromatic heterocycles. The summed E-state index contributed by atoms with van der Waals surface area (Å²) in [6.45, 7) is 4.56. The quantitative estimate of drug-likeness (QED) is 0.143. The summed E-state index contributed by atoms with van der Waals surface area (Å²) < 4.78 is 3.03. The molecule has 0 saturated carbocycles. The highest BCUT2D eigenvalue weighted by Crippen LogP contribution is 2.24. The second-order valence-electron chi connectivity index (χ2n) is 13.1. The molecule has 0 unspecified atom stereocenters. The van der Waals surface area contributed by atoms with E-state index in [0.717, 1.165) is 37.3 Å². The average Bonchev–Trinajstić information content (AvgIpc) is 3.28. The molecule has 0 bridgehead atoms. The molecule has 6 aromatic carbocycles. The SMILES string of the molecule is C1CNCCN1.O=C(O)c1ccc(-n2c(-c3ccccc3)nc3ccccc3c2=O)cc1.O=C(O)c1ccc(-n2c(-c3ccccc3)nc3ccccc3c2=O)cc1. The van der Waals surface area contributed by atoms with Gasteiger partial charge in [0.15, 0.2) is 0 Å². The molecule has 288 valence electrons. The Hall–Kier alpha value is -7.54. The van der Waals surface area contributed by atoms with E-state index >= 15 is 0 Å². The molecule has 0 atom stereocenters. The van der Waals surface area contributed by atoms with E-state index in [2.05, 4.69) is 20.6 Å². The number of aromatic nitrogens is 4. The van der Waals surface area contributed by atoms with E-state index in [9.17, 15) is 19.2 Å². The molecule has 0 amide bonds. The number of hydrogen-bond acceptors (Lipinski definition) is 8. The van der Waals surface area contributed by atoms with Gasteiger partial charge >= 0.3 is 11.9 Å². The minimum atomic E-state index is -1.01. The number of para-hydroxylation sites is 2. The summed E-state index contributed by atoms with van der Waals surface area (Å²) in [6, 6.07) is 45.6. The third-order valence-corrected chi connectivity index (χ3v) is 9.32. The molecule has 0 spiro atoms. The van der Waals surface area contributed by atoms with Crippen molar-refractivity contribution in [3.8, 4) is 34.2 Å². The zero-order valence-corrected chi connectivity index (χ0v) is 31.2. The first-order valence-electron chi connectivity index (χ1n) is 18.5. The van der Waals surface area contributed by atoms with Crippen molar-refractivity contribution in [2.45, 2.75) is 0 Å². The maximum Gasteiger partial charge on any atom is 0.335 e. The van der Waals surface area contributed by atoms with Crippen LogP contribution in [-0.2, 0) is 0 Å². The molecule has 12 nitrogen and oxygen atoms in total. The number of benzene rings is 6. The third-order valence-electron chi connectivity index (χ3n) is 9.32. The lowest BCUT2D eigenvalue weighted by Gasteiger charge is -2.14. The lowest BCUT2D eigenvalue weighted by molar-refractivity contribution is 0.0686. The number of hydrogen-bond donors (Lipinski definition) is 4. The predicted octanol–water partition coefficient (Wildman–Crippen LogP) is 6.68. The third kappa shape index (κ3) is 8.63. The second-order valence-corrected chi connectivity index (χ2v) is 13.1. The maximum absolute atomic E-state index is 13.1. The predicted molar refractivity (Wildman–Crippen MR) is 225 cm³/mol. The molecule has 1 saturated heterocycles. The number of rotatable bonds is 6. The lowest BCUT2D eigenvalue weighted by Crippen LogP contribution is -2.39. The van der Waals surface area contributed by atoms with Crippen LogP contribution in [0.1, 0.15) is 20.7 Å². The topological polar surface area (TPSA) is 168 Å². The first-order valence-corrected chi connectivity index (χ1v) is 18.5. The van der Waals surface area contributed by atoms with Gasteiger partial charge in [-0.3, -0.25) is 18.7 Å². The van der Waals surface area contributed by atoms with Crippen LogP contribution in [0.2, 0.25) is 0 Å². The van der Waals surface area contributed by atoms with Crippen LogP contribution >= 0.6 is 0 Å². The van der Waals surface area contributed by atoms with E-state index in [-0.39, 0.29) is 22.2 Å². The van der Waals surface area contributed by atoms with Gasteiger partial charge in [-0.1, -0.05) is 84.9 Å². The molecule has 8 aromatic rings. The number of nitrogens with one attached hydrogen (secondary N) is 2. The van der Waals surface area contributed by atoms with Crippen molar-refractivity contribution in [2.24, 2.45) is 0 Å². The molecule has 1 aliphatic heterocycles. The Morgan fingerprint density at radius 3 is 1.10 bits per heavy atom. The summed E-state index contributed by atoms with van der Waals surface area (Å²) in [5.41, 5.74) is 3.91. The van der Waals surface area contributed by atoms with Gasteiger partial charge in [0.25, 0.3) is 11.1 Å². The highest BCUT2D eigenvalue weighted by molar-refractivity contribution is 5.88. The van der Waals surface area contributed by atoms with Gasteiger partial charge in [0.1, 0.15) is 11.6 Å². The molecule has 1 fully saturated rings. The Kier molecular flexibility index (Phi) is 12.0. The maximum atomic E-state index is 13.1. The van der Waals surface area contributed by atoms with Crippen molar-refractivity contribution in [1.82, 2.24) is 29.7 Å². The lowest BCUT2D eigenvalue weighted by atomic mass is 10.1. The van der Waals surface area contributed by atoms with Gasteiger partial charge in [0, 0.05) is 37.3 Å². The van der Waals surface area contributed by atoms with Crippen LogP contribution in [0.3, 0.4) is 0 Å². The van der Waals surface area contributed by atoms with Crippen molar-refractivity contribution < 1.29 is 19.8 Å². The molecular formula is C46H38N6O6. The zero-order valence-electron chi connectivity index (χ0n) is 31.2. The molecular weight excluding hydrogens is 733 g/mol. The van der Waals surface area contributed by atoms with Crippen LogP contribution in [0.4, 0.5) is 0 Å². The number of piperazine rings is 1. The van der Waals surface area contributed by atoms with Gasteiger partial charge in [0.05, 0.1) is 44.3 Å². The van der Waals surface area contributed by atoms with Crippen LogP contribution in [0, 0.1) is 0 Å². The van der Waals surface area contributed by atoms with Crippen molar-refractivity contribution in [1.29, 1.82) is 0 Å². The van der Waals surface area contributed by atoms with Crippen LogP contribution in [0.15, 0.2) is 167 Å². The van der Waals surface area contributed by atoms with E-state index < -0.39 is 11.9 Å². The standard InChI is InChI=1S/2C21H14N2O3.C4H10N2/c2*24-20-17-8-4-5-9-18(17)22-19(14-6-2-1-3-7-14)23(20)16-12-10-15(11-13-16)21(25)26;1-2-6-4-3-5-1/h2*1-13H,(H,25,26);5-6H,1-4H2. The summed E-state index contributed by atoms with van der Waals surface area (Å²) in [5.74, 6) is -0.998. The Labute approximate surface area is 332 Å². The fourth-order valence-corrected chi connectivity index (χ4v) is 6.42. The number of carboxylic acids is 2. The average molecular weight is 771 g/mol. The first kappa shape index (κ1) is 38.7. The van der Waals surface area contributed by atoms with Crippen molar-refractivity contribution in [2.75, 3.05) is 26.2 Å². The number of carboxylic acid groups (broad SMARTS) is 2. The van der Waals surface area contributed by atoms with Gasteiger partial charge in [-0.15, -0.1) is 0 Å². The van der Waals surface area contributed by atoms with Crippen LogP contribution in [0.25, 0.3) is 56.0 Å². The summed E-state index contributed by atoms with van der Waals surface area (Å²) in [5, 5.41) is 25.6. The second kappa shape index (κ2) is 17.9. The Morgan fingerprint density at radius 2 is 0.776 bits per heavy atom. The Morgan fingerprint density at radius 1 is 0.448 bits per heavy atom. The molecule has 9 rings (SSSR count). The summed E-state index contributed by atoms with van der Waals surface area (Å²) in [6.07, 6.45) is 0. The normalized spacial score (nSPS) is 12.1. The van der Waals surface area contributed by atoms with Gasteiger partial charge in [-0.25, -0.2) is 19.6 Å². The largest absolute Gasteiger partial charge is 0.478 e. The van der Waals surface area contributed by atoms with Crippen molar-refractivity contribution in [3.05, 3.63) is 190 Å². The minimum absolute atomic E-state index is 0.164. The number of fused-ring (bicyclic) bond motifs is 2. The summed E-state index contributed by atoms with van der Waals surface area (Å²) >= 11 is 0. The Bertz CT molecular complexity index is 2620. The van der Waals surface area contributed by atoms with E-state index in [1.165, 1.54) is 33.4 Å². The summed E-state index contributed by atoms with van der Waals surface area (Å²) in [7, 11) is 0. The van der Waals surface area contributed by atoms with E-state index in [0.29, 0.717) is 44.8 Å². The molecule has 12 heteroatoms. The van der Waals surface area contributed by atoms with Gasteiger partial charge in [0.2, 0.25) is 0 Å². The van der Waals surface area contributed by atoms with Crippen molar-refractivity contribution >= 4 is 33.7 Å². The molecule has 0 aliphatic carbocycles. The number of carbonyl (C=O) groups is 2. The Balaban J connectivity index is 0.000000154. The monoisotopic (exact) mass is 770 g/mol. The van der Waals surface area contributed by atoms with Gasteiger partial charge in [-0.2, -0.15) is 0 Å². The van der Waals surface area contributed by atoms with E-state index in [1.807, 2.05) is 72.8 Å². The molecule has 1 aliphatic rings. The summed E-state index contributed by atoms with van der Waals surface area (Å²) in [4.78, 5) is 57.9. The first-order chi connectivity index (χ1) is 28.3.